The summed E-state index contributed by atoms with van der Waals surface area (Å²) in [5.74, 6) is 0.0578. The average Bonchev–Trinajstić information content (AvgIpc) is 2.38. The number of nitrogens with one attached hydrogen (secondary N) is 1. The molecule has 0 aliphatic heterocycles. The number of carbonyl (C=O) groups excluding carboxylic acids is 1. The highest BCUT2D eigenvalue weighted by atomic mass is 16.1. The summed E-state index contributed by atoms with van der Waals surface area (Å²) in [6, 6.07) is 5.52. The van der Waals surface area contributed by atoms with Crippen LogP contribution in [0.2, 0.25) is 0 Å². The lowest BCUT2D eigenvalue weighted by Gasteiger charge is -2.19. The van der Waals surface area contributed by atoms with Gasteiger partial charge in [0.25, 0.3) is 0 Å². The van der Waals surface area contributed by atoms with Crippen molar-refractivity contribution in [1.29, 1.82) is 0 Å². The molecule has 0 aromatic heterocycles. The molecule has 19 heavy (non-hydrogen) atoms. The minimum absolute atomic E-state index is 0.0578. The number of nitrogen functional groups attached to an aromatic ring is 1. The zero-order valence-corrected chi connectivity index (χ0v) is 12.2. The second-order valence-electron chi connectivity index (χ2n) is 4.81. The van der Waals surface area contributed by atoms with Crippen molar-refractivity contribution in [2.24, 2.45) is 0 Å². The number of anilines is 2. The third-order valence-electron chi connectivity index (χ3n) is 3.17. The van der Waals surface area contributed by atoms with Crippen molar-refractivity contribution in [3.05, 3.63) is 23.8 Å². The van der Waals surface area contributed by atoms with E-state index >= 15 is 0 Å². The molecule has 0 spiro atoms. The molecule has 4 nitrogen and oxygen atoms in total. The van der Waals surface area contributed by atoms with Crippen LogP contribution in [0, 0.1) is 6.92 Å². The van der Waals surface area contributed by atoms with Gasteiger partial charge in [0.15, 0.2) is 0 Å². The van der Waals surface area contributed by atoms with Gasteiger partial charge in [0.2, 0.25) is 5.91 Å². The Kier molecular flexibility index (Phi) is 6.36. The SMILES string of the molecule is CCCN(CC)CCC(=O)Nc1ccc(N)cc1C. The van der Waals surface area contributed by atoms with Crippen LogP contribution in [0.4, 0.5) is 11.4 Å². The number of carbonyl (C=O) groups is 1. The van der Waals surface area contributed by atoms with Gasteiger partial charge in [-0.15, -0.1) is 0 Å². The number of hydrogen-bond donors (Lipinski definition) is 2. The molecule has 0 fully saturated rings. The topological polar surface area (TPSA) is 58.4 Å². The molecule has 4 heteroatoms. The van der Waals surface area contributed by atoms with Gasteiger partial charge in [-0.1, -0.05) is 13.8 Å². The Hall–Kier alpha value is -1.55. The summed E-state index contributed by atoms with van der Waals surface area (Å²) >= 11 is 0. The zero-order chi connectivity index (χ0) is 14.3. The van der Waals surface area contributed by atoms with Gasteiger partial charge in [0, 0.05) is 24.3 Å². The molecule has 1 rings (SSSR count). The lowest BCUT2D eigenvalue weighted by molar-refractivity contribution is -0.116. The first-order chi connectivity index (χ1) is 9.06. The summed E-state index contributed by atoms with van der Waals surface area (Å²) in [5, 5.41) is 2.94. The van der Waals surface area contributed by atoms with Gasteiger partial charge in [-0.2, -0.15) is 0 Å². The largest absolute Gasteiger partial charge is 0.399 e. The molecule has 1 aromatic rings. The Balaban J connectivity index is 2.46. The first-order valence-corrected chi connectivity index (χ1v) is 6.95. The third-order valence-corrected chi connectivity index (χ3v) is 3.17. The number of benzene rings is 1. The summed E-state index contributed by atoms with van der Waals surface area (Å²) in [7, 11) is 0. The summed E-state index contributed by atoms with van der Waals surface area (Å²) in [6.07, 6.45) is 1.64. The maximum Gasteiger partial charge on any atom is 0.225 e. The summed E-state index contributed by atoms with van der Waals surface area (Å²) < 4.78 is 0. The zero-order valence-electron chi connectivity index (χ0n) is 12.2. The van der Waals surface area contributed by atoms with Crippen LogP contribution in [-0.4, -0.2) is 30.4 Å². The second-order valence-corrected chi connectivity index (χ2v) is 4.81. The van der Waals surface area contributed by atoms with Gasteiger partial charge in [0.05, 0.1) is 0 Å². The fourth-order valence-electron chi connectivity index (χ4n) is 2.04. The van der Waals surface area contributed by atoms with E-state index in [1.807, 2.05) is 19.1 Å². The summed E-state index contributed by atoms with van der Waals surface area (Å²) in [5.41, 5.74) is 8.25. The average molecular weight is 263 g/mol. The highest BCUT2D eigenvalue weighted by molar-refractivity contribution is 5.91. The highest BCUT2D eigenvalue weighted by Crippen LogP contribution is 2.17. The predicted molar refractivity (Wildman–Crippen MR) is 81.2 cm³/mol. The van der Waals surface area contributed by atoms with E-state index < -0.39 is 0 Å². The summed E-state index contributed by atoms with van der Waals surface area (Å²) in [4.78, 5) is 14.2. The van der Waals surface area contributed by atoms with Crippen LogP contribution < -0.4 is 11.1 Å². The molecule has 106 valence electrons. The van der Waals surface area contributed by atoms with Crippen LogP contribution in [-0.2, 0) is 4.79 Å². The van der Waals surface area contributed by atoms with Crippen molar-refractivity contribution in [2.45, 2.75) is 33.6 Å². The lowest BCUT2D eigenvalue weighted by atomic mass is 10.1. The standard InChI is InChI=1S/C15H25N3O/c1-4-9-18(5-2)10-8-15(19)17-14-7-6-13(16)11-12(14)3/h6-7,11H,4-5,8-10,16H2,1-3H3,(H,17,19). The Labute approximate surface area is 116 Å². The fourth-order valence-corrected chi connectivity index (χ4v) is 2.04. The van der Waals surface area contributed by atoms with Crippen molar-refractivity contribution in [3.8, 4) is 0 Å². The van der Waals surface area contributed by atoms with Crippen molar-refractivity contribution in [3.63, 3.8) is 0 Å². The third kappa shape index (κ3) is 5.30. The lowest BCUT2D eigenvalue weighted by Crippen LogP contribution is -2.28. The monoisotopic (exact) mass is 263 g/mol. The number of nitrogens with zero attached hydrogens (tertiary/aromatic N) is 1. The van der Waals surface area contributed by atoms with Crippen LogP contribution in [0.3, 0.4) is 0 Å². The van der Waals surface area contributed by atoms with E-state index in [0.717, 1.165) is 43.0 Å². The maximum atomic E-state index is 11.9. The van der Waals surface area contributed by atoms with Crippen molar-refractivity contribution in [2.75, 3.05) is 30.7 Å². The van der Waals surface area contributed by atoms with Gasteiger partial charge in [-0.3, -0.25) is 4.79 Å². The van der Waals surface area contributed by atoms with Gasteiger partial charge >= 0.3 is 0 Å². The molecule has 0 radical (unpaired) electrons. The maximum absolute atomic E-state index is 11.9. The molecule has 3 N–H and O–H groups in total. The van der Waals surface area contributed by atoms with Crippen LogP contribution in [0.25, 0.3) is 0 Å². The molecular weight excluding hydrogens is 238 g/mol. The minimum Gasteiger partial charge on any atom is -0.399 e. The van der Waals surface area contributed by atoms with E-state index in [4.69, 9.17) is 5.73 Å². The van der Waals surface area contributed by atoms with E-state index in [-0.39, 0.29) is 5.91 Å². The Morgan fingerprint density at radius 2 is 2.05 bits per heavy atom. The van der Waals surface area contributed by atoms with Gasteiger partial charge in [-0.05, 0) is 50.2 Å². The fraction of sp³-hybridized carbons (Fsp3) is 0.533. The molecule has 0 aliphatic carbocycles. The molecule has 0 saturated heterocycles. The molecule has 0 bridgehead atoms. The molecule has 1 aromatic carbocycles. The first kappa shape index (κ1) is 15.5. The highest BCUT2D eigenvalue weighted by Gasteiger charge is 2.07. The van der Waals surface area contributed by atoms with E-state index in [1.165, 1.54) is 0 Å². The molecular formula is C15H25N3O. The number of nitrogens with two attached hydrogens (primary N) is 1. The minimum atomic E-state index is 0.0578. The van der Waals surface area contributed by atoms with Gasteiger partial charge < -0.3 is 16.0 Å². The number of rotatable bonds is 7. The van der Waals surface area contributed by atoms with Crippen LogP contribution >= 0.6 is 0 Å². The molecule has 0 saturated carbocycles. The van der Waals surface area contributed by atoms with E-state index in [0.29, 0.717) is 6.42 Å². The quantitative estimate of drug-likeness (QED) is 0.743. The van der Waals surface area contributed by atoms with E-state index in [9.17, 15) is 4.79 Å². The Morgan fingerprint density at radius 3 is 2.63 bits per heavy atom. The van der Waals surface area contributed by atoms with Crippen molar-refractivity contribution in [1.82, 2.24) is 4.90 Å². The molecule has 1 amide bonds. The van der Waals surface area contributed by atoms with Crippen LogP contribution in [0.1, 0.15) is 32.3 Å². The van der Waals surface area contributed by atoms with Crippen LogP contribution in [0.15, 0.2) is 18.2 Å². The number of hydrogen-bond acceptors (Lipinski definition) is 3. The molecule has 0 heterocycles. The normalized spacial score (nSPS) is 10.7. The Morgan fingerprint density at radius 1 is 1.32 bits per heavy atom. The van der Waals surface area contributed by atoms with Crippen molar-refractivity contribution < 1.29 is 4.79 Å². The molecule has 0 aliphatic rings. The molecule has 0 unspecified atom stereocenters. The van der Waals surface area contributed by atoms with Crippen LogP contribution in [0.5, 0.6) is 0 Å². The van der Waals surface area contributed by atoms with Gasteiger partial charge in [-0.25, -0.2) is 0 Å². The first-order valence-electron chi connectivity index (χ1n) is 6.95. The smallest absolute Gasteiger partial charge is 0.225 e. The summed E-state index contributed by atoms with van der Waals surface area (Å²) in [6.45, 7) is 9.07. The van der Waals surface area contributed by atoms with Gasteiger partial charge in [0.1, 0.15) is 0 Å². The number of amides is 1. The van der Waals surface area contributed by atoms with E-state index in [2.05, 4.69) is 24.1 Å². The second kappa shape index (κ2) is 7.79. The Bertz CT molecular complexity index is 418. The molecule has 0 atom stereocenters. The predicted octanol–water partition coefficient (Wildman–Crippen LogP) is 2.64. The van der Waals surface area contributed by atoms with Crippen molar-refractivity contribution >= 4 is 17.3 Å². The number of aryl methyl sites for hydroxylation is 1. The van der Waals surface area contributed by atoms with E-state index in [1.54, 1.807) is 6.07 Å².